The van der Waals surface area contributed by atoms with E-state index < -0.39 is 5.54 Å². The Kier molecular flexibility index (Phi) is 5.35. The first-order valence-electron chi connectivity index (χ1n) is 11.7. The van der Waals surface area contributed by atoms with Crippen molar-refractivity contribution in [2.24, 2.45) is 0 Å². The number of furan rings is 1. The van der Waals surface area contributed by atoms with E-state index in [1.54, 1.807) is 28.0 Å². The third-order valence-electron chi connectivity index (χ3n) is 6.92. The van der Waals surface area contributed by atoms with Crippen LogP contribution in [0.15, 0.2) is 53.1 Å². The summed E-state index contributed by atoms with van der Waals surface area (Å²) < 4.78 is 7.13. The summed E-state index contributed by atoms with van der Waals surface area (Å²) in [6.45, 7) is 6.37. The van der Waals surface area contributed by atoms with E-state index in [1.807, 2.05) is 37.3 Å². The molecule has 5 rings (SSSR count). The lowest BCUT2D eigenvalue weighted by molar-refractivity contribution is -0.127. The molecule has 0 bridgehead atoms. The molecule has 3 aromatic rings. The molecule has 1 atom stereocenters. The van der Waals surface area contributed by atoms with E-state index in [9.17, 15) is 9.59 Å². The summed E-state index contributed by atoms with van der Waals surface area (Å²) in [5, 5.41) is 7.83. The largest absolute Gasteiger partial charge is 0.463 e. The van der Waals surface area contributed by atoms with Crippen LogP contribution in [0, 0.1) is 0 Å². The van der Waals surface area contributed by atoms with Gasteiger partial charge in [0.1, 0.15) is 16.9 Å². The standard InChI is InChI=1S/C26H30N4O3/c1-17(2)18-10-12-20(13-11-18)30-24(31)22-15-21(23-9-6-14-33-23)28-29(22)16-26(30,3)25(32)27-19-7-4-5-8-19/h6,9-15,17,19H,4-5,7-8,16H2,1-3H3,(H,27,32)/t26-/m0/s1. The minimum absolute atomic E-state index is 0.142. The maximum absolute atomic E-state index is 13.8. The summed E-state index contributed by atoms with van der Waals surface area (Å²) >= 11 is 0. The van der Waals surface area contributed by atoms with Crippen LogP contribution in [0.5, 0.6) is 0 Å². The second kappa shape index (κ2) is 8.21. The fourth-order valence-corrected chi connectivity index (χ4v) is 4.95. The second-order valence-corrected chi connectivity index (χ2v) is 9.67. The number of nitrogens with zero attached hydrogens (tertiary/aromatic N) is 3. The van der Waals surface area contributed by atoms with Crippen molar-refractivity contribution in [2.45, 2.75) is 70.5 Å². The van der Waals surface area contributed by atoms with Crippen LogP contribution in [0.1, 0.15) is 68.4 Å². The zero-order valence-corrected chi connectivity index (χ0v) is 19.4. The Bertz CT molecular complexity index is 1160. The molecule has 2 amide bonds. The van der Waals surface area contributed by atoms with E-state index in [4.69, 9.17) is 4.42 Å². The van der Waals surface area contributed by atoms with Crippen molar-refractivity contribution in [2.75, 3.05) is 4.90 Å². The number of fused-ring (bicyclic) bond motifs is 1. The maximum Gasteiger partial charge on any atom is 0.277 e. The monoisotopic (exact) mass is 446 g/mol. The second-order valence-electron chi connectivity index (χ2n) is 9.67. The highest BCUT2D eigenvalue weighted by Gasteiger charge is 2.49. The summed E-state index contributed by atoms with van der Waals surface area (Å²) in [6, 6.07) is 13.4. The maximum atomic E-state index is 13.8. The molecule has 1 aliphatic heterocycles. The van der Waals surface area contributed by atoms with E-state index >= 15 is 0 Å². The molecule has 1 saturated carbocycles. The van der Waals surface area contributed by atoms with Crippen molar-refractivity contribution >= 4 is 17.5 Å². The third kappa shape index (κ3) is 3.75. The van der Waals surface area contributed by atoms with Crippen LogP contribution in [-0.2, 0) is 11.3 Å². The Morgan fingerprint density at radius 1 is 1.18 bits per heavy atom. The predicted octanol–water partition coefficient (Wildman–Crippen LogP) is 4.74. The fourth-order valence-electron chi connectivity index (χ4n) is 4.95. The van der Waals surface area contributed by atoms with Gasteiger partial charge in [0.25, 0.3) is 5.91 Å². The predicted molar refractivity (Wildman–Crippen MR) is 126 cm³/mol. The van der Waals surface area contributed by atoms with E-state index in [2.05, 4.69) is 24.3 Å². The van der Waals surface area contributed by atoms with E-state index in [1.165, 1.54) is 5.56 Å². The van der Waals surface area contributed by atoms with Crippen molar-refractivity contribution in [1.82, 2.24) is 15.1 Å². The molecule has 3 heterocycles. The minimum atomic E-state index is -1.11. The van der Waals surface area contributed by atoms with Crippen molar-refractivity contribution in [1.29, 1.82) is 0 Å². The van der Waals surface area contributed by atoms with Gasteiger partial charge in [0.05, 0.1) is 12.8 Å². The SMILES string of the molecule is CC(C)c1ccc(N2C(=O)c3cc(-c4ccco4)nn3C[C@@]2(C)C(=O)NC2CCCC2)cc1. The number of hydrogen-bond acceptors (Lipinski definition) is 4. The summed E-state index contributed by atoms with van der Waals surface area (Å²) in [6.07, 6.45) is 5.79. The van der Waals surface area contributed by atoms with E-state index in [0.717, 1.165) is 25.7 Å². The van der Waals surface area contributed by atoms with Crippen LogP contribution in [-0.4, -0.2) is 33.2 Å². The molecule has 0 spiro atoms. The molecule has 33 heavy (non-hydrogen) atoms. The summed E-state index contributed by atoms with van der Waals surface area (Å²) in [4.78, 5) is 29.1. The molecular weight excluding hydrogens is 416 g/mol. The number of benzene rings is 1. The molecule has 1 N–H and O–H groups in total. The molecule has 172 valence electrons. The number of rotatable bonds is 5. The van der Waals surface area contributed by atoms with Gasteiger partial charge in [-0.25, -0.2) is 0 Å². The van der Waals surface area contributed by atoms with Crippen molar-refractivity contribution in [3.05, 3.63) is 60.0 Å². The molecule has 2 aromatic heterocycles. The molecule has 1 fully saturated rings. The number of carbonyl (C=O) groups is 2. The van der Waals surface area contributed by atoms with Gasteiger partial charge in [0.15, 0.2) is 5.76 Å². The molecule has 0 radical (unpaired) electrons. The van der Waals surface area contributed by atoms with Crippen LogP contribution >= 0.6 is 0 Å². The minimum Gasteiger partial charge on any atom is -0.463 e. The Hall–Kier alpha value is -3.35. The number of nitrogens with one attached hydrogen (secondary N) is 1. The van der Waals surface area contributed by atoms with Gasteiger partial charge in [0, 0.05) is 17.8 Å². The third-order valence-corrected chi connectivity index (χ3v) is 6.92. The average molecular weight is 447 g/mol. The lowest BCUT2D eigenvalue weighted by Gasteiger charge is -2.43. The van der Waals surface area contributed by atoms with Crippen molar-refractivity contribution in [3.63, 3.8) is 0 Å². The molecule has 0 saturated heterocycles. The lowest BCUT2D eigenvalue weighted by Crippen LogP contribution is -2.65. The molecule has 7 heteroatoms. The number of aromatic nitrogens is 2. The molecule has 7 nitrogen and oxygen atoms in total. The van der Waals surface area contributed by atoms with Crippen LogP contribution < -0.4 is 10.2 Å². The van der Waals surface area contributed by atoms with Crippen molar-refractivity contribution in [3.8, 4) is 11.5 Å². The molecule has 1 aromatic carbocycles. The summed E-state index contributed by atoms with van der Waals surface area (Å²) in [5.74, 6) is 0.587. The van der Waals surface area contributed by atoms with Gasteiger partial charge in [-0.15, -0.1) is 0 Å². The molecular formula is C26H30N4O3. The Labute approximate surface area is 193 Å². The van der Waals surface area contributed by atoms with Crippen LogP contribution in [0.3, 0.4) is 0 Å². The average Bonchev–Trinajstić information content (AvgIpc) is 3.55. The zero-order valence-electron chi connectivity index (χ0n) is 19.4. The number of carbonyl (C=O) groups excluding carboxylic acids is 2. The Morgan fingerprint density at radius 3 is 2.55 bits per heavy atom. The number of anilines is 1. The quantitative estimate of drug-likeness (QED) is 0.614. The van der Waals surface area contributed by atoms with Crippen LogP contribution in [0.4, 0.5) is 5.69 Å². The Morgan fingerprint density at radius 2 is 1.91 bits per heavy atom. The highest BCUT2D eigenvalue weighted by Crippen LogP contribution is 2.35. The highest BCUT2D eigenvalue weighted by atomic mass is 16.3. The van der Waals surface area contributed by atoms with Gasteiger partial charge in [-0.3, -0.25) is 19.2 Å². The van der Waals surface area contributed by atoms with Crippen LogP contribution in [0.2, 0.25) is 0 Å². The van der Waals surface area contributed by atoms with Crippen LogP contribution in [0.25, 0.3) is 11.5 Å². The van der Waals surface area contributed by atoms with E-state index in [-0.39, 0.29) is 24.4 Å². The van der Waals surface area contributed by atoms with Gasteiger partial charge in [-0.05, 0) is 55.5 Å². The van der Waals surface area contributed by atoms with Gasteiger partial charge in [-0.2, -0.15) is 5.10 Å². The zero-order chi connectivity index (χ0) is 23.2. The van der Waals surface area contributed by atoms with Crippen molar-refractivity contribution < 1.29 is 14.0 Å². The van der Waals surface area contributed by atoms with E-state index in [0.29, 0.717) is 28.8 Å². The normalized spacial score (nSPS) is 21.0. The molecule has 2 aliphatic rings. The van der Waals surface area contributed by atoms with Gasteiger partial charge >= 0.3 is 0 Å². The summed E-state index contributed by atoms with van der Waals surface area (Å²) in [7, 11) is 0. The smallest absolute Gasteiger partial charge is 0.277 e. The topological polar surface area (TPSA) is 80.4 Å². The molecule has 1 aliphatic carbocycles. The lowest BCUT2D eigenvalue weighted by atomic mass is 9.93. The van der Waals surface area contributed by atoms with Gasteiger partial charge in [-0.1, -0.05) is 38.8 Å². The first-order chi connectivity index (χ1) is 15.9. The Balaban J connectivity index is 1.56. The number of hydrogen-bond donors (Lipinski definition) is 1. The number of amides is 2. The fraction of sp³-hybridized carbons (Fsp3) is 0.423. The summed E-state index contributed by atoms with van der Waals surface area (Å²) in [5.41, 5.74) is 1.81. The first-order valence-corrected chi connectivity index (χ1v) is 11.7. The first kappa shape index (κ1) is 21.5. The van der Waals surface area contributed by atoms with Gasteiger partial charge < -0.3 is 9.73 Å². The highest BCUT2D eigenvalue weighted by molar-refractivity contribution is 6.12. The molecule has 0 unspecified atom stereocenters. The van der Waals surface area contributed by atoms with Gasteiger partial charge in [0.2, 0.25) is 5.91 Å².